The van der Waals surface area contributed by atoms with Crippen LogP contribution >= 0.6 is 0 Å². The van der Waals surface area contributed by atoms with E-state index in [1.165, 1.54) is 64.2 Å². The Balaban J connectivity index is 0.000000394. The van der Waals surface area contributed by atoms with E-state index in [4.69, 9.17) is 14.6 Å². The summed E-state index contributed by atoms with van der Waals surface area (Å²) >= 11 is 0. The lowest BCUT2D eigenvalue weighted by Gasteiger charge is -2.30. The van der Waals surface area contributed by atoms with E-state index >= 15 is 0 Å². The molecule has 0 spiro atoms. The summed E-state index contributed by atoms with van der Waals surface area (Å²) in [7, 11) is 0. The van der Waals surface area contributed by atoms with Gasteiger partial charge in [-0.2, -0.15) is 0 Å². The molecule has 2 aliphatic carbocycles. The molecule has 0 radical (unpaired) electrons. The molecule has 0 heterocycles. The number of esters is 1. The molecule has 0 aromatic carbocycles. The van der Waals surface area contributed by atoms with Crippen molar-refractivity contribution in [1.29, 1.82) is 0 Å². The second-order valence-corrected chi connectivity index (χ2v) is 11.9. The number of aliphatic carboxylic acids is 1. The molecular weight excluding hydrogens is 448 g/mol. The fraction of sp³-hybridized carbons (Fsp3) is 0.889. The summed E-state index contributed by atoms with van der Waals surface area (Å²) in [6.45, 7) is 10.3. The maximum atomic E-state index is 11.6. The molecule has 1 amide bonds. The van der Waals surface area contributed by atoms with Crippen molar-refractivity contribution in [3.63, 3.8) is 0 Å². The lowest BCUT2D eigenvalue weighted by atomic mass is 9.91. The number of carboxylic acid groups (broad SMARTS) is 1. The zero-order chi connectivity index (χ0) is 26.5. The summed E-state index contributed by atoms with van der Waals surface area (Å²) in [5.74, 6) is -1.57. The Bertz CT molecular complexity index is 625. The first kappa shape index (κ1) is 31.2. The number of ether oxygens (including phenoxy) is 2. The van der Waals surface area contributed by atoms with Gasteiger partial charge >= 0.3 is 18.0 Å². The van der Waals surface area contributed by atoms with Gasteiger partial charge in [-0.15, -0.1) is 0 Å². The molecule has 2 rings (SSSR count). The predicted octanol–water partition coefficient (Wildman–Crippen LogP) is 5.72. The van der Waals surface area contributed by atoms with Crippen molar-refractivity contribution in [2.45, 2.75) is 154 Å². The summed E-state index contributed by atoms with van der Waals surface area (Å²) in [6.07, 6.45) is 14.3. The van der Waals surface area contributed by atoms with Crippen molar-refractivity contribution < 1.29 is 29.0 Å². The van der Waals surface area contributed by atoms with Gasteiger partial charge in [0.2, 0.25) is 0 Å². The van der Waals surface area contributed by atoms with Crippen LogP contribution in [0, 0.1) is 0 Å². The number of alkyl carbamates (subject to hydrolysis) is 1. The van der Waals surface area contributed by atoms with Gasteiger partial charge < -0.3 is 25.2 Å². The van der Waals surface area contributed by atoms with Crippen molar-refractivity contribution in [2.75, 3.05) is 0 Å². The van der Waals surface area contributed by atoms with Gasteiger partial charge in [0, 0.05) is 18.5 Å². The summed E-state index contributed by atoms with van der Waals surface area (Å²) in [6, 6.07) is 0.644. The highest BCUT2D eigenvalue weighted by Gasteiger charge is 2.24. The Morgan fingerprint density at radius 2 is 1.26 bits per heavy atom. The topological polar surface area (TPSA) is 114 Å². The van der Waals surface area contributed by atoms with E-state index in [2.05, 4.69) is 10.6 Å². The maximum absolute atomic E-state index is 11.6. The molecule has 0 aliphatic heterocycles. The average Bonchev–Trinajstić information content (AvgIpc) is 2.72. The van der Waals surface area contributed by atoms with E-state index in [1.54, 1.807) is 41.5 Å². The minimum atomic E-state index is -1.17. The molecule has 0 bridgehead atoms. The summed E-state index contributed by atoms with van der Waals surface area (Å²) in [4.78, 5) is 34.2. The van der Waals surface area contributed by atoms with E-state index in [9.17, 15) is 14.4 Å². The summed E-state index contributed by atoms with van der Waals surface area (Å²) in [5.41, 5.74) is -1.28. The van der Waals surface area contributed by atoms with Crippen molar-refractivity contribution in [3.05, 3.63) is 0 Å². The van der Waals surface area contributed by atoms with Crippen LogP contribution in [0.5, 0.6) is 0 Å². The Kier molecular flexibility index (Phi) is 13.7. The fourth-order valence-corrected chi connectivity index (χ4v) is 4.42. The number of nitrogens with one attached hydrogen (secondary N) is 2. The van der Waals surface area contributed by atoms with Crippen LogP contribution in [0.15, 0.2) is 0 Å². The number of rotatable bonds is 8. The molecule has 35 heavy (non-hydrogen) atoms. The molecular formula is C27H50N2O6. The molecule has 8 heteroatoms. The molecule has 2 fully saturated rings. The first-order valence-corrected chi connectivity index (χ1v) is 13.5. The monoisotopic (exact) mass is 498 g/mol. The highest BCUT2D eigenvalue weighted by molar-refractivity contribution is 5.80. The smallest absolute Gasteiger partial charge is 0.408 e. The molecule has 0 aromatic heterocycles. The Morgan fingerprint density at radius 1 is 0.800 bits per heavy atom. The molecule has 0 aromatic rings. The van der Waals surface area contributed by atoms with Crippen LogP contribution < -0.4 is 10.6 Å². The lowest BCUT2D eigenvalue weighted by Crippen LogP contribution is -2.43. The van der Waals surface area contributed by atoms with E-state index in [0.29, 0.717) is 6.42 Å². The van der Waals surface area contributed by atoms with Crippen molar-refractivity contribution in [2.24, 2.45) is 0 Å². The van der Waals surface area contributed by atoms with Gasteiger partial charge in [-0.05, 0) is 80.1 Å². The molecule has 2 saturated carbocycles. The summed E-state index contributed by atoms with van der Waals surface area (Å²) < 4.78 is 10.1. The van der Waals surface area contributed by atoms with Gasteiger partial charge in [-0.3, -0.25) is 4.79 Å². The number of hydrogen-bond donors (Lipinski definition) is 3. The lowest BCUT2D eigenvalue weighted by molar-refractivity contribution is -0.155. The third-order valence-corrected chi connectivity index (χ3v) is 5.96. The van der Waals surface area contributed by atoms with Gasteiger partial charge in [-0.25, -0.2) is 9.59 Å². The van der Waals surface area contributed by atoms with Crippen LogP contribution in [0.4, 0.5) is 4.79 Å². The highest BCUT2D eigenvalue weighted by Crippen LogP contribution is 2.22. The first-order chi connectivity index (χ1) is 16.2. The van der Waals surface area contributed by atoms with Crippen LogP contribution in [0.25, 0.3) is 0 Å². The van der Waals surface area contributed by atoms with Crippen LogP contribution in [0.3, 0.4) is 0 Å². The maximum Gasteiger partial charge on any atom is 0.408 e. The number of carbonyl (C=O) groups excluding carboxylic acids is 2. The Hall–Kier alpha value is -1.83. The van der Waals surface area contributed by atoms with Gasteiger partial charge in [0.1, 0.15) is 17.2 Å². The molecule has 0 unspecified atom stereocenters. The van der Waals surface area contributed by atoms with Gasteiger partial charge in [0.25, 0.3) is 0 Å². The molecule has 2 aliphatic rings. The standard InChI is InChI=1S/C15H27NO6.C12H23N/c1-14(2,3)21-11(17)9-7-8-10(12(18)19)16-13(20)22-15(4,5)6;1-3-7-11(8-4-1)13-12-9-5-2-6-10-12/h10H,7-9H2,1-6H3,(H,16,20)(H,18,19);11-13H,1-10H2/t10-;/m0./s1. The number of amides is 1. The third-order valence-electron chi connectivity index (χ3n) is 5.96. The van der Waals surface area contributed by atoms with Crippen LogP contribution in [0.2, 0.25) is 0 Å². The fourth-order valence-electron chi connectivity index (χ4n) is 4.42. The molecule has 8 nitrogen and oxygen atoms in total. The first-order valence-electron chi connectivity index (χ1n) is 13.5. The number of carboxylic acids is 1. The second kappa shape index (κ2) is 15.3. The third kappa shape index (κ3) is 16.5. The predicted molar refractivity (Wildman–Crippen MR) is 137 cm³/mol. The minimum absolute atomic E-state index is 0.0943. The van der Waals surface area contributed by atoms with Crippen LogP contribution in [-0.2, 0) is 19.1 Å². The summed E-state index contributed by atoms with van der Waals surface area (Å²) in [5, 5.41) is 15.2. The quantitative estimate of drug-likeness (QED) is 0.367. The normalized spacial score (nSPS) is 18.6. The molecule has 204 valence electrons. The molecule has 0 saturated heterocycles. The Morgan fingerprint density at radius 3 is 1.66 bits per heavy atom. The van der Waals surface area contributed by atoms with E-state index < -0.39 is 35.3 Å². The SMILES string of the molecule is C1CCC(NC2CCCCC2)CC1.CC(C)(C)OC(=O)CCC[C@H](NC(=O)OC(C)(C)C)C(=O)O. The van der Waals surface area contributed by atoms with Gasteiger partial charge in [-0.1, -0.05) is 38.5 Å². The largest absolute Gasteiger partial charge is 0.480 e. The molecule has 1 atom stereocenters. The average molecular weight is 499 g/mol. The number of carbonyl (C=O) groups is 3. The van der Waals surface area contributed by atoms with E-state index in [1.807, 2.05) is 0 Å². The van der Waals surface area contributed by atoms with Crippen LogP contribution in [-0.4, -0.2) is 52.5 Å². The molecule has 3 N–H and O–H groups in total. The highest BCUT2D eigenvalue weighted by atomic mass is 16.6. The Labute approximate surface area is 212 Å². The van der Waals surface area contributed by atoms with Gasteiger partial charge in [0.15, 0.2) is 0 Å². The second-order valence-electron chi connectivity index (χ2n) is 11.9. The van der Waals surface area contributed by atoms with E-state index in [0.717, 1.165) is 12.1 Å². The minimum Gasteiger partial charge on any atom is -0.480 e. The van der Waals surface area contributed by atoms with Crippen molar-refractivity contribution >= 4 is 18.0 Å². The number of hydrogen-bond acceptors (Lipinski definition) is 6. The van der Waals surface area contributed by atoms with E-state index in [-0.39, 0.29) is 12.8 Å². The van der Waals surface area contributed by atoms with Crippen molar-refractivity contribution in [1.82, 2.24) is 10.6 Å². The van der Waals surface area contributed by atoms with Gasteiger partial charge in [0.05, 0.1) is 0 Å². The zero-order valence-electron chi connectivity index (χ0n) is 22.9. The zero-order valence-corrected chi connectivity index (χ0v) is 22.9. The van der Waals surface area contributed by atoms with Crippen molar-refractivity contribution in [3.8, 4) is 0 Å². The van der Waals surface area contributed by atoms with Crippen LogP contribution in [0.1, 0.15) is 125 Å².